The molecule has 0 aliphatic carbocycles. The van der Waals surface area contributed by atoms with Crippen molar-refractivity contribution in [3.63, 3.8) is 0 Å². The van der Waals surface area contributed by atoms with Crippen molar-refractivity contribution >= 4 is 11.6 Å². The molecule has 2 aliphatic rings. The van der Waals surface area contributed by atoms with E-state index in [-0.39, 0.29) is 5.91 Å². The zero-order chi connectivity index (χ0) is 14.8. The maximum Gasteiger partial charge on any atom is 0.256 e. The normalized spacial score (nSPS) is 22.7. The topological polar surface area (TPSA) is 35.6 Å². The number of hydrogen-bond donors (Lipinski definition) is 1. The zero-order valence-corrected chi connectivity index (χ0v) is 13.1. The van der Waals surface area contributed by atoms with E-state index in [2.05, 4.69) is 42.3 Å². The maximum atomic E-state index is 12.9. The molecule has 2 aliphatic heterocycles. The van der Waals surface area contributed by atoms with Gasteiger partial charge in [-0.05, 0) is 38.8 Å². The van der Waals surface area contributed by atoms with Gasteiger partial charge in [0.25, 0.3) is 5.91 Å². The first-order valence-corrected chi connectivity index (χ1v) is 8.03. The summed E-state index contributed by atoms with van der Waals surface area (Å²) in [5.74, 6) is 0.189. The number of benzene rings is 1. The number of hydrogen-bond acceptors (Lipinski definition) is 3. The van der Waals surface area contributed by atoms with Crippen LogP contribution in [0.25, 0.3) is 0 Å². The predicted octanol–water partition coefficient (Wildman–Crippen LogP) is 2.03. The Morgan fingerprint density at radius 2 is 2.00 bits per heavy atom. The van der Waals surface area contributed by atoms with Gasteiger partial charge in [0.1, 0.15) is 0 Å². The number of aryl methyl sites for hydroxylation is 1. The number of carbonyl (C=O) groups excluding carboxylic acids is 1. The number of anilines is 1. The Hall–Kier alpha value is -1.55. The molecule has 2 fully saturated rings. The molecule has 114 valence electrons. The highest BCUT2D eigenvalue weighted by atomic mass is 16.2. The quantitative estimate of drug-likeness (QED) is 0.904. The number of nitrogens with one attached hydrogen (secondary N) is 1. The van der Waals surface area contributed by atoms with Crippen LogP contribution in [0.3, 0.4) is 0 Å². The standard InChI is InChI=1S/C17H25N3O/c1-13-5-6-16(19-8-3-4-9-19)15(11-13)17(21)20-10-7-18-14(2)12-20/h5-6,11,14,18H,3-4,7-10,12H2,1-2H3/t14-/m1/s1. The fourth-order valence-corrected chi connectivity index (χ4v) is 3.34. The van der Waals surface area contributed by atoms with Crippen molar-refractivity contribution in [3.8, 4) is 0 Å². The third kappa shape index (κ3) is 3.05. The van der Waals surface area contributed by atoms with Gasteiger partial charge >= 0.3 is 0 Å². The fourth-order valence-electron chi connectivity index (χ4n) is 3.34. The van der Waals surface area contributed by atoms with Gasteiger partial charge in [-0.3, -0.25) is 4.79 Å². The highest BCUT2D eigenvalue weighted by molar-refractivity contribution is 6.00. The van der Waals surface area contributed by atoms with Crippen molar-refractivity contribution in [2.45, 2.75) is 32.7 Å². The van der Waals surface area contributed by atoms with Crippen LogP contribution in [0.5, 0.6) is 0 Å². The van der Waals surface area contributed by atoms with Crippen molar-refractivity contribution in [1.82, 2.24) is 10.2 Å². The van der Waals surface area contributed by atoms with Crippen LogP contribution in [-0.2, 0) is 0 Å². The van der Waals surface area contributed by atoms with Crippen LogP contribution in [0.4, 0.5) is 5.69 Å². The molecule has 3 rings (SSSR count). The van der Waals surface area contributed by atoms with E-state index < -0.39 is 0 Å². The Balaban J connectivity index is 1.88. The summed E-state index contributed by atoms with van der Waals surface area (Å²) >= 11 is 0. The fraction of sp³-hybridized carbons (Fsp3) is 0.588. The van der Waals surface area contributed by atoms with Crippen molar-refractivity contribution in [2.24, 2.45) is 0 Å². The van der Waals surface area contributed by atoms with E-state index in [1.807, 2.05) is 4.90 Å². The second kappa shape index (κ2) is 6.06. The van der Waals surface area contributed by atoms with E-state index in [9.17, 15) is 4.79 Å². The average molecular weight is 287 g/mol. The maximum absolute atomic E-state index is 12.9. The van der Waals surface area contributed by atoms with Crippen molar-refractivity contribution in [1.29, 1.82) is 0 Å². The Bertz CT molecular complexity index is 523. The summed E-state index contributed by atoms with van der Waals surface area (Å²) in [5.41, 5.74) is 3.16. The van der Waals surface area contributed by atoms with Crippen LogP contribution in [0, 0.1) is 6.92 Å². The number of carbonyl (C=O) groups is 1. The van der Waals surface area contributed by atoms with E-state index in [1.54, 1.807) is 0 Å². The highest BCUT2D eigenvalue weighted by Gasteiger charge is 2.26. The first kappa shape index (κ1) is 14.4. The smallest absolute Gasteiger partial charge is 0.256 e. The minimum Gasteiger partial charge on any atom is -0.371 e. The summed E-state index contributed by atoms with van der Waals surface area (Å²) in [7, 11) is 0. The Labute approximate surface area is 127 Å². The van der Waals surface area contributed by atoms with Gasteiger partial charge in [0, 0.05) is 44.5 Å². The predicted molar refractivity (Wildman–Crippen MR) is 86.0 cm³/mol. The van der Waals surface area contributed by atoms with Gasteiger partial charge < -0.3 is 15.1 Å². The van der Waals surface area contributed by atoms with Gasteiger partial charge in [0.2, 0.25) is 0 Å². The van der Waals surface area contributed by atoms with Gasteiger partial charge in [-0.1, -0.05) is 11.6 Å². The van der Waals surface area contributed by atoms with Gasteiger partial charge in [0.05, 0.1) is 5.56 Å². The van der Waals surface area contributed by atoms with Crippen molar-refractivity contribution in [2.75, 3.05) is 37.6 Å². The van der Waals surface area contributed by atoms with E-state index in [0.717, 1.165) is 49.5 Å². The molecule has 2 heterocycles. The number of rotatable bonds is 2. The zero-order valence-electron chi connectivity index (χ0n) is 13.1. The lowest BCUT2D eigenvalue weighted by atomic mass is 10.1. The molecule has 2 saturated heterocycles. The molecule has 0 radical (unpaired) electrons. The Kier molecular flexibility index (Phi) is 4.15. The second-order valence-corrected chi connectivity index (χ2v) is 6.32. The molecule has 1 atom stereocenters. The van der Waals surface area contributed by atoms with Crippen LogP contribution in [0.1, 0.15) is 35.7 Å². The molecule has 1 amide bonds. The molecule has 0 bridgehead atoms. The molecule has 0 saturated carbocycles. The molecule has 1 aromatic carbocycles. The largest absolute Gasteiger partial charge is 0.371 e. The molecule has 0 unspecified atom stereocenters. The molecular formula is C17H25N3O. The number of amides is 1. The second-order valence-electron chi connectivity index (χ2n) is 6.32. The first-order chi connectivity index (χ1) is 10.1. The lowest BCUT2D eigenvalue weighted by Gasteiger charge is -2.33. The van der Waals surface area contributed by atoms with Crippen LogP contribution in [0.2, 0.25) is 0 Å². The van der Waals surface area contributed by atoms with Crippen LogP contribution >= 0.6 is 0 Å². The van der Waals surface area contributed by atoms with E-state index >= 15 is 0 Å². The van der Waals surface area contributed by atoms with Crippen molar-refractivity contribution < 1.29 is 4.79 Å². The van der Waals surface area contributed by atoms with Crippen LogP contribution in [-0.4, -0.2) is 49.6 Å². The molecule has 21 heavy (non-hydrogen) atoms. The summed E-state index contributed by atoms with van der Waals surface area (Å²) in [6.07, 6.45) is 2.46. The monoisotopic (exact) mass is 287 g/mol. The molecule has 0 spiro atoms. The van der Waals surface area contributed by atoms with E-state index in [1.165, 1.54) is 12.8 Å². The SMILES string of the molecule is Cc1ccc(N2CCCC2)c(C(=O)N2CCN[C@H](C)C2)c1. The van der Waals surface area contributed by atoms with Crippen LogP contribution < -0.4 is 10.2 Å². The molecule has 1 aromatic rings. The van der Waals surface area contributed by atoms with Gasteiger partial charge in [-0.2, -0.15) is 0 Å². The summed E-state index contributed by atoms with van der Waals surface area (Å²) < 4.78 is 0. The molecule has 0 aromatic heterocycles. The van der Waals surface area contributed by atoms with Crippen molar-refractivity contribution in [3.05, 3.63) is 29.3 Å². The van der Waals surface area contributed by atoms with E-state index in [0.29, 0.717) is 6.04 Å². The Morgan fingerprint density at radius 3 is 2.71 bits per heavy atom. The number of nitrogens with zero attached hydrogens (tertiary/aromatic N) is 2. The van der Waals surface area contributed by atoms with Gasteiger partial charge in [-0.15, -0.1) is 0 Å². The first-order valence-electron chi connectivity index (χ1n) is 8.03. The number of piperazine rings is 1. The molecule has 4 nitrogen and oxygen atoms in total. The van der Waals surface area contributed by atoms with E-state index in [4.69, 9.17) is 0 Å². The minimum atomic E-state index is 0.189. The third-order valence-corrected chi connectivity index (χ3v) is 4.49. The lowest BCUT2D eigenvalue weighted by Crippen LogP contribution is -2.51. The van der Waals surface area contributed by atoms with Gasteiger partial charge in [-0.25, -0.2) is 0 Å². The molecule has 4 heteroatoms. The summed E-state index contributed by atoms with van der Waals surface area (Å²) in [6.45, 7) is 8.82. The Morgan fingerprint density at radius 1 is 1.24 bits per heavy atom. The summed E-state index contributed by atoms with van der Waals surface area (Å²) in [4.78, 5) is 17.3. The summed E-state index contributed by atoms with van der Waals surface area (Å²) in [5, 5.41) is 3.40. The summed E-state index contributed by atoms with van der Waals surface area (Å²) in [6, 6.07) is 6.68. The third-order valence-electron chi connectivity index (χ3n) is 4.49. The molecule has 1 N–H and O–H groups in total. The van der Waals surface area contributed by atoms with Crippen LogP contribution in [0.15, 0.2) is 18.2 Å². The highest BCUT2D eigenvalue weighted by Crippen LogP contribution is 2.27. The average Bonchev–Trinajstić information content (AvgIpc) is 3.00. The van der Waals surface area contributed by atoms with Gasteiger partial charge in [0.15, 0.2) is 0 Å². The minimum absolute atomic E-state index is 0.189. The molecular weight excluding hydrogens is 262 g/mol. The lowest BCUT2D eigenvalue weighted by molar-refractivity contribution is 0.0709.